The summed E-state index contributed by atoms with van der Waals surface area (Å²) in [5.74, 6) is -1.09. The number of rotatable bonds is 5. The molecule has 0 spiro atoms. The van der Waals surface area contributed by atoms with Crippen LogP contribution in [0.4, 0.5) is 0 Å². The second-order valence-electron chi connectivity index (χ2n) is 7.23. The Morgan fingerprint density at radius 1 is 1.43 bits per heavy atom. The highest BCUT2D eigenvalue weighted by Gasteiger charge is 2.59. The molecule has 128 valence electrons. The van der Waals surface area contributed by atoms with Gasteiger partial charge >= 0.3 is 5.97 Å². The lowest BCUT2D eigenvalue weighted by Gasteiger charge is -2.46. The minimum absolute atomic E-state index is 0.0147. The number of carboxylic acid groups (broad SMARTS) is 1. The molecule has 0 radical (unpaired) electrons. The lowest BCUT2D eigenvalue weighted by molar-refractivity contribution is -0.163. The van der Waals surface area contributed by atoms with Gasteiger partial charge in [-0.3, -0.25) is 9.69 Å². The Labute approximate surface area is 136 Å². The molecule has 23 heavy (non-hydrogen) atoms. The third-order valence-electron chi connectivity index (χ3n) is 5.86. The molecule has 1 amide bonds. The number of fused-ring (bicyclic) bond motifs is 1. The Morgan fingerprint density at radius 3 is 2.65 bits per heavy atom. The maximum atomic E-state index is 12.3. The van der Waals surface area contributed by atoms with Crippen molar-refractivity contribution in [1.29, 1.82) is 0 Å². The fraction of sp³-hybridized carbons (Fsp3) is 0.765. The van der Waals surface area contributed by atoms with Crippen LogP contribution in [-0.2, 0) is 9.59 Å². The Kier molecular flexibility index (Phi) is 4.23. The molecule has 5 atom stereocenters. The third kappa shape index (κ3) is 2.48. The first kappa shape index (κ1) is 16.5. The van der Waals surface area contributed by atoms with E-state index in [9.17, 15) is 19.8 Å². The van der Waals surface area contributed by atoms with Crippen LogP contribution in [-0.4, -0.2) is 63.7 Å². The summed E-state index contributed by atoms with van der Waals surface area (Å²) < 4.78 is 0. The average Bonchev–Trinajstić information content (AvgIpc) is 3.02. The molecule has 6 heteroatoms. The number of nitrogens with zero attached hydrogens (tertiary/aromatic N) is 2. The van der Waals surface area contributed by atoms with Gasteiger partial charge in [0, 0.05) is 19.0 Å². The number of aliphatic hydroxyl groups is 1. The van der Waals surface area contributed by atoms with Gasteiger partial charge in [-0.05, 0) is 31.4 Å². The van der Waals surface area contributed by atoms with Crippen molar-refractivity contribution >= 4 is 11.9 Å². The van der Waals surface area contributed by atoms with Crippen LogP contribution in [0, 0.1) is 17.8 Å². The molecule has 0 aromatic heterocycles. The molecule has 6 nitrogen and oxygen atoms in total. The van der Waals surface area contributed by atoms with E-state index in [4.69, 9.17) is 0 Å². The molecule has 2 unspecified atom stereocenters. The van der Waals surface area contributed by atoms with Crippen LogP contribution in [0.3, 0.4) is 0 Å². The van der Waals surface area contributed by atoms with Gasteiger partial charge in [0.15, 0.2) is 0 Å². The molecule has 3 aliphatic heterocycles. The van der Waals surface area contributed by atoms with Gasteiger partial charge in [0.1, 0.15) is 5.70 Å². The number of amides is 1. The van der Waals surface area contributed by atoms with Crippen LogP contribution in [0.1, 0.15) is 33.6 Å². The smallest absolute Gasteiger partial charge is 0.352 e. The lowest BCUT2D eigenvalue weighted by Crippen LogP contribution is -2.63. The maximum Gasteiger partial charge on any atom is 0.352 e. The number of aliphatic hydroxyl groups excluding tert-OH is 1. The summed E-state index contributed by atoms with van der Waals surface area (Å²) in [6, 6.07) is -0.201. The average molecular weight is 322 g/mol. The normalized spacial score (nSPS) is 35.5. The van der Waals surface area contributed by atoms with E-state index in [1.165, 1.54) is 4.90 Å². The topological polar surface area (TPSA) is 81.1 Å². The molecule has 3 rings (SSSR count). The van der Waals surface area contributed by atoms with Crippen LogP contribution in [0.5, 0.6) is 0 Å². The number of aliphatic carboxylic acids is 1. The summed E-state index contributed by atoms with van der Waals surface area (Å²) in [6.07, 6.45) is 1.56. The summed E-state index contributed by atoms with van der Waals surface area (Å²) in [5.41, 5.74) is 1.00. The molecule has 2 saturated heterocycles. The first-order valence-corrected chi connectivity index (χ1v) is 8.56. The SMILES string of the molecule is CC[C@H]1CCN(CC2=C(C(=O)O)N3C(=O)C([C@@H](C)O)C3[C@H]2C)C1. The Hall–Kier alpha value is -1.40. The van der Waals surface area contributed by atoms with Crippen LogP contribution in [0.2, 0.25) is 0 Å². The standard InChI is InChI=1S/C17H26N2O4/c1-4-11-5-6-18(7-11)8-12-9(2)14-13(10(3)20)16(21)19(14)15(12)17(22)23/h9-11,13-14,20H,4-8H2,1-3H3,(H,22,23)/t9-,10+,11-,13?,14?/m0/s1. The van der Waals surface area contributed by atoms with E-state index in [0.717, 1.165) is 31.5 Å². The van der Waals surface area contributed by atoms with E-state index >= 15 is 0 Å². The van der Waals surface area contributed by atoms with Gasteiger partial charge in [-0.1, -0.05) is 20.3 Å². The number of likely N-dealkylation sites (tertiary alicyclic amines) is 1. The molecular formula is C17H26N2O4. The highest BCUT2D eigenvalue weighted by Crippen LogP contribution is 2.47. The van der Waals surface area contributed by atoms with E-state index in [-0.39, 0.29) is 23.6 Å². The summed E-state index contributed by atoms with van der Waals surface area (Å²) in [6.45, 7) is 8.38. The van der Waals surface area contributed by atoms with Crippen molar-refractivity contribution in [2.24, 2.45) is 17.8 Å². The van der Waals surface area contributed by atoms with Crippen LogP contribution >= 0.6 is 0 Å². The van der Waals surface area contributed by atoms with Gasteiger partial charge in [-0.25, -0.2) is 4.79 Å². The predicted octanol–water partition coefficient (Wildman–Crippen LogP) is 0.914. The van der Waals surface area contributed by atoms with Gasteiger partial charge in [0.05, 0.1) is 18.1 Å². The fourth-order valence-electron chi connectivity index (χ4n) is 4.48. The Bertz CT molecular complexity index is 557. The molecule has 0 saturated carbocycles. The van der Waals surface area contributed by atoms with Gasteiger partial charge in [0.2, 0.25) is 5.91 Å². The minimum atomic E-state index is -1.03. The van der Waals surface area contributed by atoms with E-state index < -0.39 is 18.0 Å². The zero-order chi connectivity index (χ0) is 16.9. The van der Waals surface area contributed by atoms with Crippen molar-refractivity contribution in [3.63, 3.8) is 0 Å². The molecule has 0 bridgehead atoms. The first-order chi connectivity index (χ1) is 10.9. The summed E-state index contributed by atoms with van der Waals surface area (Å²) in [4.78, 5) is 27.7. The highest BCUT2D eigenvalue weighted by molar-refractivity contribution is 6.00. The zero-order valence-corrected chi connectivity index (χ0v) is 14.0. The molecule has 0 aromatic carbocycles. The monoisotopic (exact) mass is 322 g/mol. The summed E-state index contributed by atoms with van der Waals surface area (Å²) in [5, 5.41) is 19.5. The van der Waals surface area contributed by atoms with Crippen molar-refractivity contribution in [2.75, 3.05) is 19.6 Å². The molecule has 3 aliphatic rings. The molecule has 0 aromatic rings. The fourth-order valence-corrected chi connectivity index (χ4v) is 4.48. The quantitative estimate of drug-likeness (QED) is 0.736. The van der Waals surface area contributed by atoms with Crippen molar-refractivity contribution in [1.82, 2.24) is 9.80 Å². The number of hydrogen-bond donors (Lipinski definition) is 2. The number of carbonyl (C=O) groups excluding carboxylic acids is 1. The number of carboxylic acids is 1. The van der Waals surface area contributed by atoms with E-state index in [0.29, 0.717) is 12.5 Å². The molecule has 2 N–H and O–H groups in total. The first-order valence-electron chi connectivity index (χ1n) is 8.56. The van der Waals surface area contributed by atoms with E-state index in [2.05, 4.69) is 11.8 Å². The van der Waals surface area contributed by atoms with Crippen molar-refractivity contribution < 1.29 is 19.8 Å². The van der Waals surface area contributed by atoms with Gasteiger partial charge < -0.3 is 15.1 Å². The molecule has 3 heterocycles. The van der Waals surface area contributed by atoms with Crippen LogP contribution in [0.15, 0.2) is 11.3 Å². The summed E-state index contributed by atoms with van der Waals surface area (Å²) in [7, 11) is 0. The van der Waals surface area contributed by atoms with Gasteiger partial charge in [0.25, 0.3) is 0 Å². The molecular weight excluding hydrogens is 296 g/mol. The number of hydrogen-bond acceptors (Lipinski definition) is 4. The zero-order valence-electron chi connectivity index (χ0n) is 14.0. The Morgan fingerprint density at radius 2 is 2.13 bits per heavy atom. The summed E-state index contributed by atoms with van der Waals surface area (Å²) >= 11 is 0. The largest absolute Gasteiger partial charge is 0.477 e. The predicted molar refractivity (Wildman–Crippen MR) is 84.5 cm³/mol. The second-order valence-corrected chi connectivity index (χ2v) is 7.23. The van der Waals surface area contributed by atoms with E-state index in [1.807, 2.05) is 6.92 Å². The molecule has 0 aliphatic carbocycles. The number of β-lactam (4-membered cyclic amide) rings is 1. The van der Waals surface area contributed by atoms with Gasteiger partial charge in [-0.2, -0.15) is 0 Å². The second kappa shape index (κ2) is 5.91. The van der Waals surface area contributed by atoms with Crippen LogP contribution < -0.4 is 0 Å². The van der Waals surface area contributed by atoms with Crippen LogP contribution in [0.25, 0.3) is 0 Å². The maximum absolute atomic E-state index is 12.3. The Balaban J connectivity index is 1.83. The highest BCUT2D eigenvalue weighted by atomic mass is 16.4. The van der Waals surface area contributed by atoms with Crippen molar-refractivity contribution in [2.45, 2.75) is 45.8 Å². The van der Waals surface area contributed by atoms with Gasteiger partial charge in [-0.15, -0.1) is 0 Å². The lowest BCUT2D eigenvalue weighted by atomic mass is 9.77. The number of carbonyl (C=O) groups is 2. The van der Waals surface area contributed by atoms with Crippen molar-refractivity contribution in [3.05, 3.63) is 11.3 Å². The van der Waals surface area contributed by atoms with Crippen molar-refractivity contribution in [3.8, 4) is 0 Å². The third-order valence-corrected chi connectivity index (χ3v) is 5.86. The minimum Gasteiger partial charge on any atom is -0.477 e. The molecule has 2 fully saturated rings. The van der Waals surface area contributed by atoms with E-state index in [1.54, 1.807) is 6.92 Å².